The Morgan fingerprint density at radius 1 is 0.327 bits per heavy atom. The Morgan fingerprint density at radius 3 is 1.62 bits per heavy atom. The van der Waals surface area contributed by atoms with Crippen molar-refractivity contribution >= 4 is 71.3 Å². The van der Waals surface area contributed by atoms with Gasteiger partial charge < -0.3 is 14.0 Å². The van der Waals surface area contributed by atoms with E-state index in [1.165, 1.54) is 65.4 Å². The third-order valence-corrected chi connectivity index (χ3v) is 11.1. The second-order valence-corrected chi connectivity index (χ2v) is 14.2. The lowest BCUT2D eigenvalue weighted by Crippen LogP contribution is -2.09. The van der Waals surface area contributed by atoms with Crippen LogP contribution in [0, 0.1) is 0 Å². The van der Waals surface area contributed by atoms with Crippen LogP contribution in [0.4, 0.5) is 17.1 Å². The number of nitrogens with zero attached hydrogens (tertiary/aromatic N) is 3. The third-order valence-electron chi connectivity index (χ3n) is 11.1. The molecule has 0 N–H and O–H groups in total. The number of hydrogen-bond donors (Lipinski definition) is 0. The van der Waals surface area contributed by atoms with E-state index in [0.29, 0.717) is 0 Å². The molecule has 0 atom stereocenters. The number of anilines is 3. The van der Waals surface area contributed by atoms with Crippen molar-refractivity contribution in [3.05, 3.63) is 212 Å². The molecule has 0 spiro atoms. The quantitative estimate of drug-likeness (QED) is 0.157. The smallest absolute Gasteiger partial charge is 0.0547 e. The van der Waals surface area contributed by atoms with Crippen LogP contribution in [0.5, 0.6) is 0 Å². The van der Waals surface area contributed by atoms with E-state index in [1.807, 2.05) is 0 Å². The SMILES string of the molecule is c1ccc(N(c2ccccc2)c2ccc(-c3cc4cc5c(ccn5-c5ccccc5)cc4c4cc5c(cc34)c3ccccc3n5-c3ccccc3)cc2)cc1. The summed E-state index contributed by atoms with van der Waals surface area (Å²) in [5.74, 6) is 0. The van der Waals surface area contributed by atoms with Gasteiger partial charge in [0.15, 0.2) is 0 Å². The summed E-state index contributed by atoms with van der Waals surface area (Å²) in [6.07, 6.45) is 2.19. The molecule has 0 amide bonds. The molecule has 11 rings (SSSR count). The number of fused-ring (bicyclic) bond motifs is 7. The minimum Gasteiger partial charge on any atom is -0.317 e. The first-order valence-corrected chi connectivity index (χ1v) is 18.8. The van der Waals surface area contributed by atoms with Crippen LogP contribution < -0.4 is 4.90 Å². The van der Waals surface area contributed by atoms with Crippen LogP contribution in [0.15, 0.2) is 212 Å². The van der Waals surface area contributed by atoms with Crippen molar-refractivity contribution in [2.24, 2.45) is 0 Å². The van der Waals surface area contributed by atoms with E-state index in [2.05, 4.69) is 226 Å². The van der Waals surface area contributed by atoms with Crippen LogP contribution in [0.25, 0.3) is 76.8 Å². The van der Waals surface area contributed by atoms with Crippen LogP contribution in [0.1, 0.15) is 0 Å². The molecule has 0 aliphatic rings. The molecule has 0 saturated heterocycles. The molecule has 0 radical (unpaired) electrons. The van der Waals surface area contributed by atoms with E-state index in [-0.39, 0.29) is 0 Å². The summed E-state index contributed by atoms with van der Waals surface area (Å²) in [6, 6.07) is 74.7. The fourth-order valence-corrected chi connectivity index (χ4v) is 8.54. The van der Waals surface area contributed by atoms with Crippen LogP contribution in [-0.2, 0) is 0 Å². The highest BCUT2D eigenvalue weighted by atomic mass is 15.1. The van der Waals surface area contributed by atoms with Gasteiger partial charge in [-0.05, 0) is 136 Å². The second-order valence-electron chi connectivity index (χ2n) is 14.2. The van der Waals surface area contributed by atoms with E-state index in [9.17, 15) is 0 Å². The normalized spacial score (nSPS) is 11.6. The first kappa shape index (κ1) is 31.2. The van der Waals surface area contributed by atoms with Gasteiger partial charge in [0, 0.05) is 50.8 Å². The Balaban J connectivity index is 1.18. The predicted molar refractivity (Wildman–Crippen MR) is 233 cm³/mol. The van der Waals surface area contributed by atoms with Gasteiger partial charge in [0.2, 0.25) is 0 Å². The molecule has 9 aromatic carbocycles. The second kappa shape index (κ2) is 12.6. The number of para-hydroxylation sites is 5. The molecule has 0 aliphatic heterocycles. The minimum absolute atomic E-state index is 1.11. The average Bonchev–Trinajstić information content (AvgIpc) is 3.82. The minimum atomic E-state index is 1.11. The Morgan fingerprint density at radius 2 is 0.927 bits per heavy atom. The summed E-state index contributed by atoms with van der Waals surface area (Å²) in [7, 11) is 0. The zero-order chi connectivity index (χ0) is 36.3. The fourth-order valence-electron chi connectivity index (χ4n) is 8.54. The van der Waals surface area contributed by atoms with Gasteiger partial charge in [-0.1, -0.05) is 103 Å². The van der Waals surface area contributed by atoms with Crippen molar-refractivity contribution in [1.82, 2.24) is 9.13 Å². The number of aromatic nitrogens is 2. The van der Waals surface area contributed by atoms with Gasteiger partial charge in [-0.2, -0.15) is 0 Å². The van der Waals surface area contributed by atoms with E-state index in [4.69, 9.17) is 0 Å². The maximum Gasteiger partial charge on any atom is 0.0547 e. The molecule has 0 unspecified atom stereocenters. The van der Waals surface area contributed by atoms with Crippen LogP contribution in [0.2, 0.25) is 0 Å². The molecule has 0 bridgehead atoms. The van der Waals surface area contributed by atoms with E-state index in [0.717, 1.165) is 28.4 Å². The lowest BCUT2D eigenvalue weighted by molar-refractivity contribution is 1.13. The van der Waals surface area contributed by atoms with Crippen molar-refractivity contribution in [1.29, 1.82) is 0 Å². The first-order valence-electron chi connectivity index (χ1n) is 18.8. The van der Waals surface area contributed by atoms with Crippen molar-refractivity contribution in [2.75, 3.05) is 4.90 Å². The van der Waals surface area contributed by atoms with Crippen LogP contribution in [0.3, 0.4) is 0 Å². The fraction of sp³-hybridized carbons (Fsp3) is 0. The Kier molecular flexibility index (Phi) is 7.17. The average molecular weight is 702 g/mol. The number of benzene rings is 9. The van der Waals surface area contributed by atoms with Crippen molar-refractivity contribution in [3.8, 4) is 22.5 Å². The number of hydrogen-bond acceptors (Lipinski definition) is 1. The largest absolute Gasteiger partial charge is 0.317 e. The Hall–Kier alpha value is -7.36. The molecule has 0 saturated carbocycles. The molecule has 11 aromatic rings. The molecule has 2 aromatic heterocycles. The molecule has 3 nitrogen and oxygen atoms in total. The maximum atomic E-state index is 2.44. The summed E-state index contributed by atoms with van der Waals surface area (Å²) < 4.78 is 4.72. The summed E-state index contributed by atoms with van der Waals surface area (Å²) >= 11 is 0. The number of rotatable bonds is 6. The highest BCUT2D eigenvalue weighted by molar-refractivity contribution is 6.23. The van der Waals surface area contributed by atoms with Crippen molar-refractivity contribution in [3.63, 3.8) is 0 Å². The standard InChI is InChI=1S/C52H35N3/c1-5-15-39(16-6-1)53-30-29-37-31-46-38(33-51(37)53)32-45(36-25-27-43(28-26-36)54(40-17-7-2-8-18-40)41-19-9-3-10-20-41)47-34-49-44-23-13-14-24-50(44)55(52(49)35-48(46)47)42-21-11-4-12-22-42/h1-35H. The Labute approximate surface area is 319 Å². The zero-order valence-corrected chi connectivity index (χ0v) is 30.0. The van der Waals surface area contributed by atoms with Crippen LogP contribution in [-0.4, -0.2) is 9.13 Å². The highest BCUT2D eigenvalue weighted by Gasteiger charge is 2.19. The third kappa shape index (κ3) is 5.13. The highest BCUT2D eigenvalue weighted by Crippen LogP contribution is 2.43. The predicted octanol–water partition coefficient (Wildman–Crippen LogP) is 14.2. The summed E-state index contributed by atoms with van der Waals surface area (Å²) in [4.78, 5) is 2.32. The van der Waals surface area contributed by atoms with Crippen molar-refractivity contribution < 1.29 is 0 Å². The zero-order valence-electron chi connectivity index (χ0n) is 30.0. The molecule has 55 heavy (non-hydrogen) atoms. The van der Waals surface area contributed by atoms with Gasteiger partial charge in [-0.3, -0.25) is 0 Å². The summed E-state index contributed by atoms with van der Waals surface area (Å²) in [6.45, 7) is 0. The first-order chi connectivity index (χ1) is 27.3. The van der Waals surface area contributed by atoms with Gasteiger partial charge >= 0.3 is 0 Å². The van der Waals surface area contributed by atoms with Gasteiger partial charge in [-0.25, -0.2) is 0 Å². The van der Waals surface area contributed by atoms with Gasteiger partial charge in [0.1, 0.15) is 0 Å². The van der Waals surface area contributed by atoms with Gasteiger partial charge in [0.25, 0.3) is 0 Å². The van der Waals surface area contributed by atoms with Crippen molar-refractivity contribution in [2.45, 2.75) is 0 Å². The Bertz CT molecular complexity index is 3120. The molecular weight excluding hydrogens is 667 g/mol. The van der Waals surface area contributed by atoms with E-state index >= 15 is 0 Å². The van der Waals surface area contributed by atoms with E-state index < -0.39 is 0 Å². The molecule has 0 aliphatic carbocycles. The van der Waals surface area contributed by atoms with Gasteiger partial charge in [0.05, 0.1) is 16.6 Å². The monoisotopic (exact) mass is 701 g/mol. The van der Waals surface area contributed by atoms with Crippen LogP contribution >= 0.6 is 0 Å². The molecule has 3 heteroatoms. The topological polar surface area (TPSA) is 13.1 Å². The molecule has 2 heterocycles. The lowest BCUT2D eigenvalue weighted by atomic mass is 9.91. The summed E-state index contributed by atoms with van der Waals surface area (Å²) in [5, 5.41) is 8.68. The van der Waals surface area contributed by atoms with Gasteiger partial charge in [-0.15, -0.1) is 0 Å². The molecule has 0 fully saturated rings. The molecule has 258 valence electrons. The summed E-state index contributed by atoms with van der Waals surface area (Å²) in [5.41, 5.74) is 11.7. The maximum absolute atomic E-state index is 2.44. The van der Waals surface area contributed by atoms with E-state index in [1.54, 1.807) is 0 Å². The lowest BCUT2D eigenvalue weighted by Gasteiger charge is -2.25. The molecular formula is C52H35N3.